The largest absolute Gasteiger partial charge is 0.491 e. The van der Waals surface area contributed by atoms with Crippen LogP contribution < -0.4 is 15.4 Å². The summed E-state index contributed by atoms with van der Waals surface area (Å²) in [6, 6.07) is 12.5. The van der Waals surface area contributed by atoms with Crippen molar-refractivity contribution in [3.8, 4) is 10.8 Å². The lowest BCUT2D eigenvalue weighted by molar-refractivity contribution is -0.141. The zero-order valence-corrected chi connectivity index (χ0v) is 42.3. The Hall–Kier alpha value is -5.21. The summed E-state index contributed by atoms with van der Waals surface area (Å²) in [7, 11) is 0. The normalized spacial score (nSPS) is 17.5. The van der Waals surface area contributed by atoms with E-state index < -0.39 is 36.1 Å². The molecule has 0 saturated carbocycles. The van der Waals surface area contributed by atoms with Crippen LogP contribution in [0.25, 0.3) is 5.00 Å². The van der Waals surface area contributed by atoms with E-state index in [9.17, 15) is 19.5 Å². The van der Waals surface area contributed by atoms with Gasteiger partial charge in [0.25, 0.3) is 0 Å². The van der Waals surface area contributed by atoms with E-state index in [-0.39, 0.29) is 50.3 Å². The third-order valence-electron chi connectivity index (χ3n) is 12.1. The highest BCUT2D eigenvalue weighted by atomic mass is 35.5. The zero-order valence-electron chi connectivity index (χ0n) is 39.9. The molecule has 20 heteroatoms. The fraction of sp³-hybridized carbons (Fsp3) is 0.490. The number of carbonyl (C=O) groups is 3. The molecule has 370 valence electrons. The van der Waals surface area contributed by atoms with Gasteiger partial charge in [-0.1, -0.05) is 60.4 Å². The van der Waals surface area contributed by atoms with Gasteiger partial charge in [0.15, 0.2) is 5.82 Å². The van der Waals surface area contributed by atoms with Crippen molar-refractivity contribution in [1.82, 2.24) is 35.5 Å². The van der Waals surface area contributed by atoms with Gasteiger partial charge in [-0.25, -0.2) is 0 Å². The van der Waals surface area contributed by atoms with Crippen molar-refractivity contribution in [3.63, 3.8) is 0 Å². The standard InChI is InChI=1S/C49H60Cl2N8O9S/c1-27(2)43(41-22-28(3)57-68-41)48(63)58-26-36(60)24-39(58)47(62)53-30(5)37-13-12-35(51)23-40(37)67-21-20-66-19-18-65-17-16-64-15-14-52-42(61)25-38-46-56-55-32(7)59(46)49-44(29(4)31(6)69-49)45(54-38)33-8-10-34(50)11-9-33/h8-13,22-23,27,30,36,38-39,43,60H,14-21,24-26H2,1-7H3,(H,52,61)(H,53,62). The number of ether oxygens (including phenoxy) is 4. The molecule has 0 aliphatic carbocycles. The topological polar surface area (TPSA) is 205 Å². The summed E-state index contributed by atoms with van der Waals surface area (Å²) in [6.07, 6.45) is -0.657. The van der Waals surface area contributed by atoms with E-state index in [0.29, 0.717) is 78.2 Å². The number of aryl methyl sites for hydroxylation is 3. The maximum absolute atomic E-state index is 13.8. The van der Waals surface area contributed by atoms with Crippen LogP contribution in [-0.4, -0.2) is 125 Å². The third kappa shape index (κ3) is 12.6. The molecule has 17 nitrogen and oxygen atoms in total. The Morgan fingerprint density at radius 3 is 2.26 bits per heavy atom. The molecule has 0 spiro atoms. The maximum Gasteiger partial charge on any atom is 0.243 e. The summed E-state index contributed by atoms with van der Waals surface area (Å²) < 4.78 is 30.6. The summed E-state index contributed by atoms with van der Waals surface area (Å²) in [5, 5.41) is 31.4. The Morgan fingerprint density at radius 2 is 1.58 bits per heavy atom. The Balaban J connectivity index is 0.797. The molecule has 5 aromatic rings. The third-order valence-corrected chi connectivity index (χ3v) is 13.8. The number of nitrogens with zero attached hydrogens (tertiary/aromatic N) is 6. The van der Waals surface area contributed by atoms with Crippen molar-refractivity contribution < 1.29 is 43.0 Å². The molecule has 1 saturated heterocycles. The number of aromatic nitrogens is 4. The summed E-state index contributed by atoms with van der Waals surface area (Å²) in [5.41, 5.74) is 5.16. The second kappa shape index (κ2) is 23.6. The molecule has 1 fully saturated rings. The smallest absolute Gasteiger partial charge is 0.243 e. The highest BCUT2D eigenvalue weighted by Gasteiger charge is 2.43. The minimum Gasteiger partial charge on any atom is -0.491 e. The molecule has 3 amide bonds. The molecule has 69 heavy (non-hydrogen) atoms. The Labute approximate surface area is 415 Å². The van der Waals surface area contributed by atoms with Gasteiger partial charge in [0.2, 0.25) is 17.7 Å². The fourth-order valence-corrected chi connectivity index (χ4v) is 10.0. The molecule has 5 atom stereocenters. The first-order valence-electron chi connectivity index (χ1n) is 23.1. The first-order valence-corrected chi connectivity index (χ1v) is 24.7. The number of β-amino-alcohol motifs (C(OH)–C–C–N with tert-alkyl or cyclic N) is 1. The van der Waals surface area contributed by atoms with Gasteiger partial charge in [-0.3, -0.25) is 23.9 Å². The second-order valence-electron chi connectivity index (χ2n) is 17.5. The lowest BCUT2D eigenvalue weighted by atomic mass is 9.91. The zero-order chi connectivity index (χ0) is 49.4. The number of aliphatic hydroxyl groups is 1. The molecule has 2 aromatic carbocycles. The molecule has 3 N–H and O–H groups in total. The van der Waals surface area contributed by atoms with E-state index in [4.69, 9.17) is 51.7 Å². The van der Waals surface area contributed by atoms with Crippen LogP contribution in [-0.2, 0) is 28.6 Å². The number of hydrogen-bond acceptors (Lipinski definition) is 14. The number of amides is 3. The van der Waals surface area contributed by atoms with Crippen molar-refractivity contribution in [1.29, 1.82) is 0 Å². The minimum atomic E-state index is -0.873. The Kier molecular flexibility index (Phi) is 17.7. The summed E-state index contributed by atoms with van der Waals surface area (Å²) >= 11 is 14.2. The number of likely N-dealkylation sites (tertiary alicyclic amines) is 1. The summed E-state index contributed by atoms with van der Waals surface area (Å²) in [6.45, 7) is 16.0. The first kappa shape index (κ1) is 51.6. The van der Waals surface area contributed by atoms with E-state index in [1.807, 2.05) is 56.5 Å². The average Bonchev–Trinajstić information content (AvgIpc) is 4.07. The van der Waals surface area contributed by atoms with Gasteiger partial charge in [0.05, 0.1) is 69.6 Å². The van der Waals surface area contributed by atoms with Gasteiger partial charge in [0.1, 0.15) is 46.9 Å². The number of fused-ring (bicyclic) bond motifs is 3. The van der Waals surface area contributed by atoms with Gasteiger partial charge in [-0.05, 0) is 70.4 Å². The molecule has 0 radical (unpaired) electrons. The number of aliphatic imine (C=N–C) groups is 1. The number of aliphatic hydroxyl groups excluding tert-OH is 1. The van der Waals surface area contributed by atoms with Gasteiger partial charge >= 0.3 is 0 Å². The molecule has 0 bridgehead atoms. The molecular weight excluding hydrogens is 948 g/mol. The van der Waals surface area contributed by atoms with Gasteiger partial charge in [0, 0.05) is 57.2 Å². The molecule has 3 aromatic heterocycles. The van der Waals surface area contributed by atoms with Crippen LogP contribution in [0.5, 0.6) is 5.75 Å². The number of nitrogens with one attached hydrogen (secondary N) is 2. The number of hydrogen-bond donors (Lipinski definition) is 3. The number of halogens is 2. The van der Waals surface area contributed by atoms with E-state index >= 15 is 0 Å². The fourth-order valence-electron chi connectivity index (χ4n) is 8.52. The van der Waals surface area contributed by atoms with E-state index in [1.165, 1.54) is 9.78 Å². The van der Waals surface area contributed by atoms with Crippen molar-refractivity contribution in [2.24, 2.45) is 10.9 Å². The molecule has 5 heterocycles. The van der Waals surface area contributed by atoms with E-state index in [2.05, 4.69) is 39.8 Å². The molecule has 2 aliphatic rings. The van der Waals surface area contributed by atoms with Crippen molar-refractivity contribution >= 4 is 58.0 Å². The van der Waals surface area contributed by atoms with Crippen LogP contribution in [0.3, 0.4) is 0 Å². The lowest BCUT2D eigenvalue weighted by Crippen LogP contribution is -2.48. The predicted octanol–water partition coefficient (Wildman–Crippen LogP) is 6.96. The summed E-state index contributed by atoms with van der Waals surface area (Å²) in [4.78, 5) is 48.6. The quantitative estimate of drug-likeness (QED) is 0.0602. The van der Waals surface area contributed by atoms with Crippen LogP contribution in [0, 0.1) is 33.6 Å². The van der Waals surface area contributed by atoms with Crippen LogP contribution in [0.1, 0.15) is 102 Å². The molecular formula is C49H60Cl2N8O9S. The van der Waals surface area contributed by atoms with Crippen LogP contribution in [0.2, 0.25) is 10.0 Å². The van der Waals surface area contributed by atoms with Crippen LogP contribution in [0.4, 0.5) is 0 Å². The highest BCUT2D eigenvalue weighted by molar-refractivity contribution is 7.15. The van der Waals surface area contributed by atoms with Gasteiger partial charge in [-0.15, -0.1) is 21.5 Å². The second-order valence-corrected chi connectivity index (χ2v) is 19.6. The van der Waals surface area contributed by atoms with Crippen molar-refractivity contribution in [2.75, 3.05) is 59.3 Å². The molecule has 2 aliphatic heterocycles. The SMILES string of the molecule is Cc1cc(C(C(=O)N2CC(O)CC2C(=O)NC(C)c2ccc(Cl)cc2OCCOCCOCCOCCNC(=O)CC2N=C(c3ccc(Cl)cc3)c3c(sc(C)c3C)-n3c(C)nnc32)C(C)C)on1. The number of benzene rings is 2. The van der Waals surface area contributed by atoms with Crippen molar-refractivity contribution in [2.45, 2.75) is 91.5 Å². The number of carbonyl (C=O) groups excluding carboxylic acids is 3. The molecule has 7 rings (SSSR count). The maximum atomic E-state index is 13.8. The van der Waals surface area contributed by atoms with E-state index in [1.54, 1.807) is 42.5 Å². The monoisotopic (exact) mass is 1010 g/mol. The molecule has 5 unspecified atom stereocenters. The first-order chi connectivity index (χ1) is 33.1. The predicted molar refractivity (Wildman–Crippen MR) is 262 cm³/mol. The van der Waals surface area contributed by atoms with E-state index in [0.717, 1.165) is 33.2 Å². The summed E-state index contributed by atoms with van der Waals surface area (Å²) in [5.74, 6) is 0.588. The van der Waals surface area contributed by atoms with Crippen LogP contribution >= 0.6 is 34.5 Å². The number of thiophene rings is 1. The lowest BCUT2D eigenvalue weighted by Gasteiger charge is -2.29. The van der Waals surface area contributed by atoms with Crippen molar-refractivity contribution in [3.05, 3.63) is 109 Å². The number of rotatable bonds is 22. The average molecular weight is 1010 g/mol. The van der Waals surface area contributed by atoms with Crippen LogP contribution in [0.15, 0.2) is 58.0 Å². The van der Waals surface area contributed by atoms with Gasteiger partial charge < -0.3 is 44.1 Å². The Bertz CT molecular complexity index is 2610. The minimum absolute atomic E-state index is 0.0357. The Morgan fingerprint density at radius 1 is 0.899 bits per heavy atom. The highest BCUT2D eigenvalue weighted by Crippen LogP contribution is 2.40. The van der Waals surface area contributed by atoms with Gasteiger partial charge in [-0.2, -0.15) is 0 Å².